The molecule has 2 aromatic heterocycles. The number of hydrogen-bond donors (Lipinski definition) is 1. The Balaban J connectivity index is 2.62. The van der Waals surface area contributed by atoms with E-state index in [1.165, 1.54) is 0 Å². The largest absolute Gasteiger partial charge is 0.368 e. The minimum Gasteiger partial charge on any atom is -0.368 e. The van der Waals surface area contributed by atoms with Crippen LogP contribution in [0, 0.1) is 20.8 Å². The molecular weight excluding hydrogens is 270 g/mol. The Labute approximate surface area is 102 Å². The lowest BCUT2D eigenvalue weighted by atomic mass is 10.4. The van der Waals surface area contributed by atoms with Gasteiger partial charge in [-0.25, -0.2) is 9.67 Å². The molecule has 0 aliphatic heterocycles. The normalized spacial score (nSPS) is 10.8. The van der Waals surface area contributed by atoms with Gasteiger partial charge in [-0.05, 0) is 36.7 Å². The van der Waals surface area contributed by atoms with Crippen molar-refractivity contribution >= 4 is 21.9 Å². The van der Waals surface area contributed by atoms with Crippen LogP contribution < -0.4 is 5.73 Å². The summed E-state index contributed by atoms with van der Waals surface area (Å²) in [6.45, 7) is 5.78. The van der Waals surface area contributed by atoms with E-state index in [2.05, 4.69) is 31.0 Å². The van der Waals surface area contributed by atoms with E-state index in [-0.39, 0.29) is 5.95 Å². The second-order valence-electron chi connectivity index (χ2n) is 3.62. The van der Waals surface area contributed by atoms with E-state index in [4.69, 9.17) is 5.73 Å². The molecule has 0 fully saturated rings. The van der Waals surface area contributed by atoms with Gasteiger partial charge in [0.25, 0.3) is 0 Å². The third-order valence-electron chi connectivity index (χ3n) is 2.28. The van der Waals surface area contributed by atoms with Crippen LogP contribution in [0.25, 0.3) is 5.82 Å². The van der Waals surface area contributed by atoms with Crippen molar-refractivity contribution < 1.29 is 0 Å². The number of nitrogen functional groups attached to an aromatic ring is 1. The SMILES string of the molecule is Cc1cc(-n2nc(C)c(Br)c2C)nc(N)n1. The summed E-state index contributed by atoms with van der Waals surface area (Å²) in [5, 5.41) is 4.39. The number of rotatable bonds is 1. The average Bonchev–Trinajstić information content (AvgIpc) is 2.44. The van der Waals surface area contributed by atoms with Gasteiger partial charge in [0, 0.05) is 11.8 Å². The lowest BCUT2D eigenvalue weighted by molar-refractivity contribution is 0.800. The average molecular weight is 282 g/mol. The van der Waals surface area contributed by atoms with E-state index in [1.54, 1.807) is 4.68 Å². The summed E-state index contributed by atoms with van der Waals surface area (Å²) in [4.78, 5) is 8.20. The summed E-state index contributed by atoms with van der Waals surface area (Å²) in [6, 6.07) is 1.85. The molecule has 0 aliphatic carbocycles. The first-order valence-electron chi connectivity index (χ1n) is 4.82. The molecule has 2 heterocycles. The van der Waals surface area contributed by atoms with Crippen LogP contribution in [-0.2, 0) is 0 Å². The van der Waals surface area contributed by atoms with Crippen LogP contribution in [0.2, 0.25) is 0 Å². The number of aromatic nitrogens is 4. The molecule has 2 aromatic rings. The van der Waals surface area contributed by atoms with Gasteiger partial charge in [0.1, 0.15) is 0 Å². The molecule has 0 spiro atoms. The van der Waals surface area contributed by atoms with Gasteiger partial charge < -0.3 is 5.73 Å². The van der Waals surface area contributed by atoms with Crippen LogP contribution >= 0.6 is 15.9 Å². The predicted octanol–water partition coefficient (Wildman–Crippen LogP) is 1.93. The number of aryl methyl sites for hydroxylation is 2. The molecule has 0 saturated carbocycles. The van der Waals surface area contributed by atoms with Crippen molar-refractivity contribution in [1.29, 1.82) is 0 Å². The summed E-state index contributed by atoms with van der Waals surface area (Å²) < 4.78 is 2.74. The molecule has 16 heavy (non-hydrogen) atoms. The van der Waals surface area contributed by atoms with Gasteiger partial charge in [-0.2, -0.15) is 10.1 Å². The molecule has 0 amide bonds. The van der Waals surface area contributed by atoms with Gasteiger partial charge in [0.2, 0.25) is 5.95 Å². The van der Waals surface area contributed by atoms with Crippen molar-refractivity contribution in [2.75, 3.05) is 5.73 Å². The fraction of sp³-hybridized carbons (Fsp3) is 0.300. The minimum absolute atomic E-state index is 0.263. The first-order valence-corrected chi connectivity index (χ1v) is 5.61. The van der Waals surface area contributed by atoms with Crippen molar-refractivity contribution in [3.05, 3.63) is 27.6 Å². The predicted molar refractivity (Wildman–Crippen MR) is 65.5 cm³/mol. The van der Waals surface area contributed by atoms with Crippen molar-refractivity contribution in [3.8, 4) is 5.82 Å². The zero-order valence-electron chi connectivity index (χ0n) is 9.32. The van der Waals surface area contributed by atoms with E-state index in [0.29, 0.717) is 5.82 Å². The molecule has 5 nitrogen and oxygen atoms in total. The molecular formula is C10H12BrN5. The van der Waals surface area contributed by atoms with Crippen LogP contribution in [-0.4, -0.2) is 19.7 Å². The summed E-state index contributed by atoms with van der Waals surface area (Å²) >= 11 is 3.48. The Morgan fingerprint density at radius 2 is 1.94 bits per heavy atom. The van der Waals surface area contributed by atoms with Crippen molar-refractivity contribution in [1.82, 2.24) is 19.7 Å². The number of hydrogen-bond acceptors (Lipinski definition) is 4. The Morgan fingerprint density at radius 3 is 2.44 bits per heavy atom. The third kappa shape index (κ3) is 1.80. The second-order valence-corrected chi connectivity index (χ2v) is 4.42. The number of halogens is 1. The molecule has 0 aromatic carbocycles. The van der Waals surface area contributed by atoms with Crippen molar-refractivity contribution in [2.24, 2.45) is 0 Å². The molecule has 0 saturated heterocycles. The zero-order chi connectivity index (χ0) is 11.9. The highest BCUT2D eigenvalue weighted by molar-refractivity contribution is 9.10. The molecule has 0 bridgehead atoms. The van der Waals surface area contributed by atoms with Crippen LogP contribution in [0.5, 0.6) is 0 Å². The summed E-state index contributed by atoms with van der Waals surface area (Å²) in [5.74, 6) is 0.954. The number of nitrogens with zero attached hydrogens (tertiary/aromatic N) is 4. The van der Waals surface area contributed by atoms with E-state index < -0.39 is 0 Å². The maximum absolute atomic E-state index is 5.62. The van der Waals surface area contributed by atoms with Crippen molar-refractivity contribution in [3.63, 3.8) is 0 Å². The molecule has 6 heteroatoms. The van der Waals surface area contributed by atoms with E-state index >= 15 is 0 Å². The Bertz CT molecular complexity index is 526. The Morgan fingerprint density at radius 1 is 1.25 bits per heavy atom. The zero-order valence-corrected chi connectivity index (χ0v) is 10.9. The van der Waals surface area contributed by atoms with Gasteiger partial charge in [-0.1, -0.05) is 0 Å². The standard InChI is InChI=1S/C10H12BrN5/c1-5-4-8(14-10(12)13-5)16-7(3)9(11)6(2)15-16/h4H,1-3H3,(H2,12,13,14). The van der Waals surface area contributed by atoms with Gasteiger partial charge in [0.15, 0.2) is 5.82 Å². The first-order chi connectivity index (χ1) is 7.49. The van der Waals surface area contributed by atoms with E-state index in [9.17, 15) is 0 Å². The first kappa shape index (κ1) is 11.1. The van der Waals surface area contributed by atoms with E-state index in [0.717, 1.165) is 21.6 Å². The van der Waals surface area contributed by atoms with Crippen LogP contribution in [0.15, 0.2) is 10.5 Å². The lowest BCUT2D eigenvalue weighted by Crippen LogP contribution is -2.06. The fourth-order valence-electron chi connectivity index (χ4n) is 1.53. The van der Waals surface area contributed by atoms with Gasteiger partial charge in [-0.3, -0.25) is 0 Å². The van der Waals surface area contributed by atoms with Crippen LogP contribution in [0.4, 0.5) is 5.95 Å². The van der Waals surface area contributed by atoms with Gasteiger partial charge in [0.05, 0.1) is 15.9 Å². The monoisotopic (exact) mass is 281 g/mol. The van der Waals surface area contributed by atoms with Crippen LogP contribution in [0.3, 0.4) is 0 Å². The number of anilines is 1. The highest BCUT2D eigenvalue weighted by Gasteiger charge is 2.11. The van der Waals surface area contributed by atoms with Gasteiger partial charge in [-0.15, -0.1) is 0 Å². The Hall–Kier alpha value is -1.43. The molecule has 0 aliphatic rings. The molecule has 2 N–H and O–H groups in total. The van der Waals surface area contributed by atoms with Crippen LogP contribution in [0.1, 0.15) is 17.1 Å². The van der Waals surface area contributed by atoms with Gasteiger partial charge >= 0.3 is 0 Å². The summed E-state index contributed by atoms with van der Waals surface area (Å²) in [5.41, 5.74) is 8.36. The highest BCUT2D eigenvalue weighted by Crippen LogP contribution is 2.22. The fourth-order valence-corrected chi connectivity index (χ4v) is 1.78. The summed E-state index contributed by atoms with van der Waals surface area (Å²) in [7, 11) is 0. The maximum Gasteiger partial charge on any atom is 0.222 e. The molecule has 84 valence electrons. The van der Waals surface area contributed by atoms with E-state index in [1.807, 2.05) is 26.8 Å². The minimum atomic E-state index is 0.263. The Kier molecular flexibility index (Phi) is 2.67. The molecule has 0 atom stereocenters. The quantitative estimate of drug-likeness (QED) is 0.867. The molecule has 0 radical (unpaired) electrons. The molecule has 2 rings (SSSR count). The second kappa shape index (κ2) is 3.86. The third-order valence-corrected chi connectivity index (χ3v) is 3.43. The highest BCUT2D eigenvalue weighted by atomic mass is 79.9. The topological polar surface area (TPSA) is 69.6 Å². The number of nitrogens with two attached hydrogens (primary N) is 1. The smallest absolute Gasteiger partial charge is 0.222 e. The molecule has 0 unspecified atom stereocenters. The van der Waals surface area contributed by atoms with Crippen molar-refractivity contribution in [2.45, 2.75) is 20.8 Å². The lowest BCUT2D eigenvalue weighted by Gasteiger charge is -2.04. The summed E-state index contributed by atoms with van der Waals surface area (Å²) in [6.07, 6.45) is 0. The maximum atomic E-state index is 5.62.